The Morgan fingerprint density at radius 1 is 1.17 bits per heavy atom. The smallest absolute Gasteiger partial charge is 0.387 e. The number of nitrogens with zero attached hydrogens (tertiary/aromatic N) is 4. The zero-order chi connectivity index (χ0) is 21.1. The van der Waals surface area contributed by atoms with Gasteiger partial charge in [0.25, 0.3) is 0 Å². The van der Waals surface area contributed by atoms with Crippen LogP contribution < -0.4 is 15.5 Å². The molecule has 10 heteroatoms. The second-order valence-electron chi connectivity index (χ2n) is 6.65. The van der Waals surface area contributed by atoms with E-state index >= 15 is 0 Å². The summed E-state index contributed by atoms with van der Waals surface area (Å²) < 4.78 is 30.2. The van der Waals surface area contributed by atoms with E-state index in [1.54, 1.807) is 17.0 Å². The molecular formula is C20H19F2N5O2S. The fraction of sp³-hybridized carbons (Fsp3) is 0.250. The normalized spacial score (nSPS) is 13.4. The van der Waals surface area contributed by atoms with E-state index in [-0.39, 0.29) is 17.4 Å². The summed E-state index contributed by atoms with van der Waals surface area (Å²) in [6.45, 7) is -2.20. The number of benzene rings is 2. The van der Waals surface area contributed by atoms with Gasteiger partial charge in [0, 0.05) is 17.8 Å². The lowest BCUT2D eigenvalue weighted by Gasteiger charge is -2.29. The number of aromatic nitrogens is 3. The molecule has 0 radical (unpaired) electrons. The van der Waals surface area contributed by atoms with E-state index in [2.05, 4.69) is 14.9 Å². The van der Waals surface area contributed by atoms with Gasteiger partial charge >= 0.3 is 6.61 Å². The number of halogens is 2. The quantitative estimate of drug-likeness (QED) is 0.476. The van der Waals surface area contributed by atoms with Crippen molar-refractivity contribution in [3.63, 3.8) is 0 Å². The largest absolute Gasteiger partial charge is 0.435 e. The van der Waals surface area contributed by atoms with Crippen molar-refractivity contribution in [2.24, 2.45) is 0 Å². The van der Waals surface area contributed by atoms with Crippen molar-refractivity contribution in [1.82, 2.24) is 14.9 Å². The number of rotatable bonds is 6. The van der Waals surface area contributed by atoms with Crippen LogP contribution in [0, 0.1) is 0 Å². The summed E-state index contributed by atoms with van der Waals surface area (Å²) in [6.07, 6.45) is 1.89. The minimum Gasteiger partial charge on any atom is -0.435 e. The molecule has 0 spiro atoms. The standard InChI is InChI=1S/C20H19F2N5O2S/c21-19(22)29-15-9-7-14(8-10-15)18-24-25-20(27(18)23)30-12-17(28)26-11-3-5-13-4-1-2-6-16(13)26/h1-2,4,6-10,19H,3,5,11-12,23H2. The number of hydrogen-bond donors (Lipinski definition) is 1. The van der Waals surface area contributed by atoms with Crippen LogP contribution in [0.2, 0.25) is 0 Å². The molecular weight excluding hydrogens is 412 g/mol. The van der Waals surface area contributed by atoms with Crippen molar-refractivity contribution in [2.75, 3.05) is 23.0 Å². The molecule has 2 aromatic carbocycles. The van der Waals surface area contributed by atoms with Crippen LogP contribution in [0.15, 0.2) is 53.7 Å². The van der Waals surface area contributed by atoms with Gasteiger partial charge in [-0.3, -0.25) is 4.79 Å². The molecule has 156 valence electrons. The predicted molar refractivity (Wildman–Crippen MR) is 110 cm³/mol. The average molecular weight is 431 g/mol. The molecule has 0 atom stereocenters. The zero-order valence-electron chi connectivity index (χ0n) is 15.9. The molecule has 2 heterocycles. The molecule has 0 fully saturated rings. The van der Waals surface area contributed by atoms with Crippen LogP contribution >= 0.6 is 11.8 Å². The minimum absolute atomic E-state index is 0.0230. The van der Waals surface area contributed by atoms with E-state index in [0.29, 0.717) is 23.1 Å². The molecule has 3 aromatic rings. The first-order valence-corrected chi connectivity index (χ1v) is 10.3. The number of nitrogen functional groups attached to an aromatic ring is 1. The highest BCUT2D eigenvalue weighted by Crippen LogP contribution is 2.29. The molecule has 0 bridgehead atoms. The summed E-state index contributed by atoms with van der Waals surface area (Å²) in [4.78, 5) is 14.6. The Bertz CT molecular complexity index is 1040. The third-order valence-corrected chi connectivity index (χ3v) is 5.67. The van der Waals surface area contributed by atoms with Crippen molar-refractivity contribution in [3.05, 3.63) is 54.1 Å². The number of hydrogen-bond acceptors (Lipinski definition) is 6. The van der Waals surface area contributed by atoms with Crippen molar-refractivity contribution in [2.45, 2.75) is 24.6 Å². The predicted octanol–water partition coefficient (Wildman–Crippen LogP) is 3.33. The lowest BCUT2D eigenvalue weighted by molar-refractivity contribution is -0.116. The number of amides is 1. The second-order valence-corrected chi connectivity index (χ2v) is 7.59. The van der Waals surface area contributed by atoms with Gasteiger partial charge in [0.15, 0.2) is 5.82 Å². The Kier molecular flexibility index (Phi) is 5.84. The number of nitrogens with two attached hydrogens (primary N) is 1. The summed E-state index contributed by atoms with van der Waals surface area (Å²) in [5, 5.41) is 8.50. The number of thioether (sulfide) groups is 1. The molecule has 0 saturated carbocycles. The molecule has 1 aromatic heterocycles. The first-order chi connectivity index (χ1) is 14.5. The van der Waals surface area contributed by atoms with Crippen molar-refractivity contribution >= 4 is 23.4 Å². The summed E-state index contributed by atoms with van der Waals surface area (Å²) >= 11 is 1.20. The van der Waals surface area contributed by atoms with Crippen molar-refractivity contribution < 1.29 is 18.3 Å². The minimum atomic E-state index is -2.89. The number of para-hydroxylation sites is 1. The highest BCUT2D eigenvalue weighted by atomic mass is 32.2. The van der Waals surface area contributed by atoms with E-state index in [0.717, 1.165) is 18.5 Å². The van der Waals surface area contributed by atoms with Gasteiger partial charge in [-0.1, -0.05) is 30.0 Å². The molecule has 0 unspecified atom stereocenters. The Morgan fingerprint density at radius 3 is 2.70 bits per heavy atom. The Morgan fingerprint density at radius 2 is 1.93 bits per heavy atom. The van der Waals surface area contributed by atoms with Gasteiger partial charge in [0.05, 0.1) is 5.75 Å². The maximum Gasteiger partial charge on any atom is 0.387 e. The number of carbonyl (C=O) groups excluding carboxylic acids is 1. The summed E-state index contributed by atoms with van der Waals surface area (Å²) in [7, 11) is 0. The molecule has 0 saturated heterocycles. The monoisotopic (exact) mass is 431 g/mol. The molecule has 1 aliphatic heterocycles. The number of carbonyl (C=O) groups is 1. The van der Waals surface area contributed by atoms with Crippen LogP contribution in [0.1, 0.15) is 12.0 Å². The van der Waals surface area contributed by atoms with Gasteiger partial charge in [-0.15, -0.1) is 10.2 Å². The topological polar surface area (TPSA) is 86.3 Å². The van der Waals surface area contributed by atoms with Crippen molar-refractivity contribution in [1.29, 1.82) is 0 Å². The van der Waals surface area contributed by atoms with Gasteiger partial charge in [0.1, 0.15) is 5.75 Å². The zero-order valence-corrected chi connectivity index (χ0v) is 16.7. The first kappa shape index (κ1) is 20.1. The highest BCUT2D eigenvalue weighted by Gasteiger charge is 2.23. The van der Waals surface area contributed by atoms with Gasteiger partial charge in [-0.05, 0) is 48.7 Å². The SMILES string of the molecule is Nn1c(SCC(=O)N2CCCc3ccccc32)nnc1-c1ccc(OC(F)F)cc1. The van der Waals surface area contributed by atoms with Crippen molar-refractivity contribution in [3.8, 4) is 17.1 Å². The third-order valence-electron chi connectivity index (χ3n) is 4.74. The maximum atomic E-state index is 12.8. The van der Waals surface area contributed by atoms with Gasteiger partial charge < -0.3 is 15.5 Å². The summed E-state index contributed by atoms with van der Waals surface area (Å²) in [6, 6.07) is 13.8. The first-order valence-electron chi connectivity index (χ1n) is 9.30. The third kappa shape index (κ3) is 4.23. The van der Waals surface area contributed by atoms with Gasteiger partial charge in [-0.25, -0.2) is 4.68 Å². The molecule has 7 nitrogen and oxygen atoms in total. The Labute approximate surface area is 175 Å². The summed E-state index contributed by atoms with van der Waals surface area (Å²) in [5.41, 5.74) is 2.72. The fourth-order valence-corrected chi connectivity index (χ4v) is 4.09. The van der Waals surface area contributed by atoms with Gasteiger partial charge in [0.2, 0.25) is 11.1 Å². The molecule has 2 N–H and O–H groups in total. The molecule has 1 aliphatic rings. The van der Waals surface area contributed by atoms with Crippen LogP contribution in [0.4, 0.5) is 14.5 Å². The fourth-order valence-electron chi connectivity index (χ4n) is 3.35. The van der Waals surface area contributed by atoms with Crippen LogP contribution in [-0.2, 0) is 11.2 Å². The number of alkyl halides is 2. The van der Waals surface area contributed by atoms with Crippen LogP contribution in [0.5, 0.6) is 5.75 Å². The Hall–Kier alpha value is -3.14. The van der Waals surface area contributed by atoms with E-state index in [1.807, 2.05) is 24.3 Å². The van der Waals surface area contributed by atoms with Crippen LogP contribution in [0.25, 0.3) is 11.4 Å². The van der Waals surface area contributed by atoms with E-state index in [4.69, 9.17) is 5.84 Å². The van der Waals surface area contributed by atoms with E-state index < -0.39 is 6.61 Å². The second kappa shape index (κ2) is 8.70. The number of ether oxygens (including phenoxy) is 1. The number of aryl methyl sites for hydroxylation is 1. The lowest BCUT2D eigenvalue weighted by atomic mass is 10.0. The Balaban J connectivity index is 1.43. The molecule has 4 rings (SSSR count). The average Bonchev–Trinajstić information content (AvgIpc) is 3.12. The lowest BCUT2D eigenvalue weighted by Crippen LogP contribution is -2.36. The highest BCUT2D eigenvalue weighted by molar-refractivity contribution is 7.99. The number of anilines is 1. The van der Waals surface area contributed by atoms with Gasteiger partial charge in [-0.2, -0.15) is 8.78 Å². The van der Waals surface area contributed by atoms with E-state index in [9.17, 15) is 13.6 Å². The molecule has 0 aliphatic carbocycles. The molecule has 30 heavy (non-hydrogen) atoms. The number of fused-ring (bicyclic) bond motifs is 1. The molecule has 1 amide bonds. The summed E-state index contributed by atoms with van der Waals surface area (Å²) in [5.74, 6) is 6.64. The maximum absolute atomic E-state index is 12.8. The van der Waals surface area contributed by atoms with Crippen LogP contribution in [0.3, 0.4) is 0 Å². The van der Waals surface area contributed by atoms with Crippen LogP contribution in [-0.4, -0.2) is 39.7 Å². The van der Waals surface area contributed by atoms with E-state index in [1.165, 1.54) is 34.1 Å².